The highest BCUT2D eigenvalue weighted by Gasteiger charge is 2.59. The van der Waals surface area contributed by atoms with Gasteiger partial charge in [0, 0.05) is 6.42 Å². The van der Waals surface area contributed by atoms with Crippen molar-refractivity contribution in [3.05, 3.63) is 41.0 Å². The van der Waals surface area contributed by atoms with Crippen LogP contribution in [0.4, 0.5) is 0 Å². The molecule has 3 amide bonds. The van der Waals surface area contributed by atoms with Crippen molar-refractivity contribution in [1.29, 1.82) is 0 Å². The second kappa shape index (κ2) is 8.00. The predicted molar refractivity (Wildman–Crippen MR) is 126 cm³/mol. The molecular formula is C27H36N2O4. The number of hydrogen-bond donors (Lipinski definition) is 2. The van der Waals surface area contributed by atoms with Crippen LogP contribution in [0.15, 0.2) is 24.3 Å². The number of fused-ring (bicyclic) bond motifs is 5. The zero-order chi connectivity index (χ0) is 24.3. The van der Waals surface area contributed by atoms with Gasteiger partial charge in [-0.05, 0) is 52.2 Å². The number of amides is 3. The lowest BCUT2D eigenvalue weighted by atomic mass is 9.78. The average molecular weight is 453 g/mol. The molecule has 1 heterocycles. The van der Waals surface area contributed by atoms with Gasteiger partial charge < -0.3 is 10.4 Å². The molecule has 1 aromatic carbocycles. The Kier molecular flexibility index (Phi) is 5.70. The van der Waals surface area contributed by atoms with E-state index in [9.17, 15) is 19.5 Å². The lowest BCUT2D eigenvalue weighted by molar-refractivity contribution is -0.141. The third-order valence-electron chi connectivity index (χ3n) is 7.42. The predicted octanol–water partition coefficient (Wildman–Crippen LogP) is 3.80. The van der Waals surface area contributed by atoms with E-state index in [1.54, 1.807) is 0 Å². The number of aromatic hydroxyl groups is 1. The highest BCUT2D eigenvalue weighted by Crippen LogP contribution is 2.52. The minimum absolute atomic E-state index is 0.0565. The average Bonchev–Trinajstić information content (AvgIpc) is 3.38. The molecule has 2 aliphatic carbocycles. The first-order valence-corrected chi connectivity index (χ1v) is 12.0. The largest absolute Gasteiger partial charge is 0.507 e. The van der Waals surface area contributed by atoms with E-state index in [-0.39, 0.29) is 65.3 Å². The minimum Gasteiger partial charge on any atom is -0.507 e. The fraction of sp³-hybridized carbons (Fsp3) is 0.593. The second-order valence-electron chi connectivity index (χ2n) is 11.9. The topological polar surface area (TPSA) is 86.7 Å². The Morgan fingerprint density at radius 1 is 0.970 bits per heavy atom. The number of rotatable bonds is 5. The van der Waals surface area contributed by atoms with Crippen molar-refractivity contribution < 1.29 is 19.5 Å². The zero-order valence-electron chi connectivity index (χ0n) is 20.6. The smallest absolute Gasteiger partial charge is 0.235 e. The summed E-state index contributed by atoms with van der Waals surface area (Å²) in [6.45, 7) is 12.3. The number of nitrogens with one attached hydrogen (secondary N) is 1. The van der Waals surface area contributed by atoms with Gasteiger partial charge in [-0.3, -0.25) is 19.3 Å². The van der Waals surface area contributed by atoms with Crippen LogP contribution < -0.4 is 5.32 Å². The number of carbonyl (C=O) groups excluding carboxylic acids is 3. The van der Waals surface area contributed by atoms with E-state index in [0.717, 1.165) is 23.1 Å². The second-order valence-corrected chi connectivity index (χ2v) is 11.9. The highest BCUT2D eigenvalue weighted by molar-refractivity contribution is 6.06. The third-order valence-corrected chi connectivity index (χ3v) is 7.42. The molecule has 4 unspecified atom stereocenters. The maximum atomic E-state index is 12.8. The molecular weight excluding hydrogens is 416 g/mol. The van der Waals surface area contributed by atoms with Crippen molar-refractivity contribution in [2.75, 3.05) is 6.67 Å². The molecule has 6 nitrogen and oxygen atoms in total. The lowest BCUT2D eigenvalue weighted by Gasteiger charge is -2.28. The SMILES string of the molecule is CC(C)(C)c1cc(CCC(=O)NCN2C(=O)C3C4C=CC(C4)C3C2=O)cc(C(C)(C)C)c1O. The van der Waals surface area contributed by atoms with Crippen LogP contribution >= 0.6 is 0 Å². The van der Waals surface area contributed by atoms with Gasteiger partial charge in [-0.25, -0.2) is 0 Å². The summed E-state index contributed by atoms with van der Waals surface area (Å²) in [6, 6.07) is 3.96. The Morgan fingerprint density at radius 2 is 1.45 bits per heavy atom. The molecule has 4 rings (SSSR count). The Morgan fingerprint density at radius 3 is 1.91 bits per heavy atom. The third kappa shape index (κ3) is 4.20. The van der Waals surface area contributed by atoms with Crippen LogP contribution in [0.3, 0.4) is 0 Å². The molecule has 1 aliphatic heterocycles. The van der Waals surface area contributed by atoms with Gasteiger partial charge >= 0.3 is 0 Å². The van der Waals surface area contributed by atoms with E-state index >= 15 is 0 Å². The van der Waals surface area contributed by atoms with Gasteiger partial charge in [-0.15, -0.1) is 0 Å². The van der Waals surface area contributed by atoms with Gasteiger partial charge in [0.1, 0.15) is 12.4 Å². The number of phenols is 1. The van der Waals surface area contributed by atoms with Crippen molar-refractivity contribution in [3.8, 4) is 5.75 Å². The van der Waals surface area contributed by atoms with Gasteiger partial charge in [0.2, 0.25) is 17.7 Å². The van der Waals surface area contributed by atoms with Crippen molar-refractivity contribution in [1.82, 2.24) is 10.2 Å². The summed E-state index contributed by atoms with van der Waals surface area (Å²) < 4.78 is 0. The van der Waals surface area contributed by atoms with Crippen LogP contribution in [0.25, 0.3) is 0 Å². The number of imide groups is 1. The van der Waals surface area contributed by atoms with Gasteiger partial charge in [0.15, 0.2) is 0 Å². The quantitative estimate of drug-likeness (QED) is 0.526. The molecule has 1 saturated heterocycles. The molecule has 1 aromatic rings. The van der Waals surface area contributed by atoms with E-state index in [1.807, 2.05) is 12.1 Å². The summed E-state index contributed by atoms with van der Waals surface area (Å²) in [5.74, 6) is -0.322. The summed E-state index contributed by atoms with van der Waals surface area (Å²) in [5, 5.41) is 13.6. The number of phenolic OH excluding ortho intramolecular Hbond substituents is 1. The van der Waals surface area contributed by atoms with Crippen LogP contribution in [-0.2, 0) is 31.6 Å². The van der Waals surface area contributed by atoms with Crippen LogP contribution in [0.5, 0.6) is 5.75 Å². The Labute approximate surface area is 196 Å². The summed E-state index contributed by atoms with van der Waals surface area (Å²) in [5.41, 5.74) is 2.26. The Bertz CT molecular complexity index is 963. The minimum atomic E-state index is -0.243. The first-order valence-electron chi connectivity index (χ1n) is 12.0. The molecule has 0 spiro atoms. The van der Waals surface area contributed by atoms with E-state index in [1.165, 1.54) is 4.90 Å². The Balaban J connectivity index is 1.39. The molecule has 0 radical (unpaired) electrons. The fourth-order valence-corrected chi connectivity index (χ4v) is 5.62. The number of carbonyl (C=O) groups is 3. The standard InChI is InChI=1S/C27H36N2O4/c1-26(2,3)18-11-15(12-19(23(18)31)27(4,5)6)7-10-20(30)28-14-29-24(32)21-16-8-9-17(13-16)22(21)25(29)33/h8-9,11-12,16-17,21-22,31H,7,10,13-14H2,1-6H3,(H,28,30). The number of likely N-dealkylation sites (tertiary alicyclic amines) is 1. The number of nitrogens with zero attached hydrogens (tertiary/aromatic N) is 1. The Hall–Kier alpha value is -2.63. The lowest BCUT2D eigenvalue weighted by Crippen LogP contribution is -2.42. The number of benzene rings is 1. The molecule has 6 heteroatoms. The summed E-state index contributed by atoms with van der Waals surface area (Å²) >= 11 is 0. The fourth-order valence-electron chi connectivity index (χ4n) is 5.62. The van der Waals surface area contributed by atoms with E-state index in [4.69, 9.17) is 0 Å². The summed E-state index contributed by atoms with van der Waals surface area (Å²) in [4.78, 5) is 39.4. The molecule has 4 atom stereocenters. The van der Waals surface area contributed by atoms with E-state index in [2.05, 4.69) is 59.0 Å². The number of allylic oxidation sites excluding steroid dienone is 2. The zero-order valence-corrected chi connectivity index (χ0v) is 20.6. The van der Waals surface area contributed by atoms with Crippen molar-refractivity contribution in [2.45, 2.75) is 71.6 Å². The van der Waals surface area contributed by atoms with Crippen LogP contribution in [-0.4, -0.2) is 34.4 Å². The van der Waals surface area contributed by atoms with Crippen LogP contribution in [0.1, 0.15) is 71.1 Å². The van der Waals surface area contributed by atoms with Crippen molar-refractivity contribution in [2.24, 2.45) is 23.7 Å². The summed E-state index contributed by atoms with van der Waals surface area (Å²) in [7, 11) is 0. The molecule has 33 heavy (non-hydrogen) atoms. The van der Waals surface area contributed by atoms with Gasteiger partial charge in [-0.1, -0.05) is 65.8 Å². The van der Waals surface area contributed by atoms with Crippen LogP contribution in [0.2, 0.25) is 0 Å². The number of hydrogen-bond acceptors (Lipinski definition) is 4. The maximum Gasteiger partial charge on any atom is 0.235 e. The molecule has 3 aliphatic rings. The van der Waals surface area contributed by atoms with Gasteiger partial charge in [-0.2, -0.15) is 0 Å². The molecule has 0 aromatic heterocycles. The first kappa shape index (κ1) is 23.5. The highest BCUT2D eigenvalue weighted by atomic mass is 16.3. The molecule has 178 valence electrons. The van der Waals surface area contributed by atoms with Crippen molar-refractivity contribution in [3.63, 3.8) is 0 Å². The molecule has 2 bridgehead atoms. The molecule has 2 N–H and O–H groups in total. The van der Waals surface area contributed by atoms with Crippen molar-refractivity contribution >= 4 is 17.7 Å². The maximum absolute atomic E-state index is 12.8. The number of aryl methyl sites for hydroxylation is 1. The first-order chi connectivity index (χ1) is 15.3. The van der Waals surface area contributed by atoms with Crippen LogP contribution in [0, 0.1) is 23.7 Å². The monoisotopic (exact) mass is 452 g/mol. The van der Waals surface area contributed by atoms with Gasteiger partial charge in [0.25, 0.3) is 0 Å². The summed E-state index contributed by atoms with van der Waals surface area (Å²) in [6.07, 6.45) is 5.78. The van der Waals surface area contributed by atoms with E-state index < -0.39 is 0 Å². The molecule has 1 saturated carbocycles. The van der Waals surface area contributed by atoms with E-state index in [0.29, 0.717) is 12.2 Å². The van der Waals surface area contributed by atoms with Gasteiger partial charge in [0.05, 0.1) is 11.8 Å². The normalized spacial score (nSPS) is 26.3. The molecule has 2 fully saturated rings.